The summed E-state index contributed by atoms with van der Waals surface area (Å²) in [6, 6.07) is 6.93. The van der Waals surface area contributed by atoms with E-state index >= 15 is 0 Å². The molecule has 0 aliphatic carbocycles. The van der Waals surface area contributed by atoms with Gasteiger partial charge in [-0.05, 0) is 17.7 Å². The Hall–Kier alpha value is -2.73. The lowest BCUT2D eigenvalue weighted by molar-refractivity contribution is 0.104. The zero-order valence-electron chi connectivity index (χ0n) is 10.8. The predicted molar refractivity (Wildman–Crippen MR) is 76.4 cm³/mol. The van der Waals surface area contributed by atoms with Gasteiger partial charge in [-0.1, -0.05) is 24.8 Å². The van der Waals surface area contributed by atoms with Crippen LogP contribution < -0.4 is 11.2 Å². The molecule has 2 rings (SSSR count). The molecule has 6 heteroatoms. The molecule has 0 aliphatic rings. The average molecular weight is 273 g/mol. The van der Waals surface area contributed by atoms with Crippen LogP contribution in [0.4, 0.5) is 0 Å². The summed E-state index contributed by atoms with van der Waals surface area (Å²) in [6.07, 6.45) is 2.85. The van der Waals surface area contributed by atoms with Crippen LogP contribution in [0, 0.1) is 0 Å². The van der Waals surface area contributed by atoms with Crippen molar-refractivity contribution in [3.8, 4) is 11.6 Å². The number of rotatable bonds is 6. The van der Waals surface area contributed by atoms with Crippen molar-refractivity contribution in [3.05, 3.63) is 65.7 Å². The Kier molecular flexibility index (Phi) is 4.07. The number of benzene rings is 1. The first-order valence-electron chi connectivity index (χ1n) is 5.91. The number of H-pyrrole nitrogens is 1. The summed E-state index contributed by atoms with van der Waals surface area (Å²) < 4.78 is 1.16. The molecular formula is C14H15N3O3. The molecule has 104 valence electrons. The fraction of sp³-hybridized carbons (Fsp3) is 0.0714. The third-order valence-electron chi connectivity index (χ3n) is 2.63. The molecule has 3 N–H and O–H groups in total. The van der Waals surface area contributed by atoms with E-state index in [9.17, 15) is 9.90 Å². The normalized spacial score (nSPS) is 10.2. The predicted octanol–water partition coefficient (Wildman–Crippen LogP) is 1.55. The fourth-order valence-electron chi connectivity index (χ4n) is 1.67. The summed E-state index contributed by atoms with van der Waals surface area (Å²) in [5, 5.41) is 9.58. The molecule has 0 bridgehead atoms. The maximum absolute atomic E-state index is 11.5. The van der Waals surface area contributed by atoms with Crippen molar-refractivity contribution in [1.29, 1.82) is 0 Å². The Morgan fingerprint density at radius 3 is 2.70 bits per heavy atom. The van der Waals surface area contributed by atoms with E-state index in [0.29, 0.717) is 18.0 Å². The molecule has 6 nitrogen and oxygen atoms in total. The van der Waals surface area contributed by atoms with Gasteiger partial charge in [0.1, 0.15) is 0 Å². The quantitative estimate of drug-likeness (QED) is 0.424. The van der Waals surface area contributed by atoms with Crippen molar-refractivity contribution in [3.63, 3.8) is 0 Å². The summed E-state index contributed by atoms with van der Waals surface area (Å²) in [5.74, 6) is -0.144. The van der Waals surface area contributed by atoms with Gasteiger partial charge in [-0.25, -0.2) is 9.36 Å². The average Bonchev–Trinajstić information content (AvgIpc) is 2.78. The van der Waals surface area contributed by atoms with Crippen LogP contribution in [-0.4, -0.2) is 21.3 Å². The van der Waals surface area contributed by atoms with E-state index in [1.807, 2.05) is 0 Å². The lowest BCUT2D eigenvalue weighted by atomic mass is 10.1. The minimum absolute atomic E-state index is 0.144. The molecule has 0 aliphatic heterocycles. The molecule has 0 fully saturated rings. The van der Waals surface area contributed by atoms with Crippen LogP contribution in [0.1, 0.15) is 5.56 Å². The van der Waals surface area contributed by atoms with E-state index in [4.69, 9.17) is 4.84 Å². The van der Waals surface area contributed by atoms with Crippen molar-refractivity contribution >= 4 is 5.70 Å². The minimum Gasteiger partial charge on any atom is -0.493 e. The SMILES string of the molecule is C=CCONC(=C)c1ccc(-n2c(O)c[nH]c2=O)cc1. The van der Waals surface area contributed by atoms with E-state index in [0.717, 1.165) is 10.1 Å². The lowest BCUT2D eigenvalue weighted by Gasteiger charge is -2.09. The number of aromatic hydroxyl groups is 1. The first kappa shape index (κ1) is 13.7. The molecule has 0 atom stereocenters. The molecular weight excluding hydrogens is 258 g/mol. The summed E-state index contributed by atoms with van der Waals surface area (Å²) >= 11 is 0. The van der Waals surface area contributed by atoms with Gasteiger partial charge in [0.15, 0.2) is 0 Å². The standard InChI is InChI=1S/C14H15N3O3/c1-3-8-20-16-10(2)11-4-6-12(7-5-11)17-13(18)9-15-14(17)19/h3-7,9,16,18H,1-2,8H2,(H,15,19). The van der Waals surface area contributed by atoms with Crippen LogP contribution in [-0.2, 0) is 4.84 Å². The Bertz CT molecular complexity index is 668. The van der Waals surface area contributed by atoms with E-state index in [-0.39, 0.29) is 5.88 Å². The van der Waals surface area contributed by atoms with Gasteiger partial charge < -0.3 is 10.1 Å². The molecule has 1 aromatic heterocycles. The van der Waals surface area contributed by atoms with Gasteiger partial charge in [-0.3, -0.25) is 10.3 Å². The second kappa shape index (κ2) is 5.94. The maximum atomic E-state index is 11.5. The van der Waals surface area contributed by atoms with Crippen LogP contribution in [0.5, 0.6) is 5.88 Å². The van der Waals surface area contributed by atoms with Crippen LogP contribution in [0.25, 0.3) is 11.4 Å². The van der Waals surface area contributed by atoms with Gasteiger partial charge in [0.05, 0.1) is 24.2 Å². The van der Waals surface area contributed by atoms with E-state index in [1.54, 1.807) is 30.3 Å². The highest BCUT2D eigenvalue weighted by Crippen LogP contribution is 2.16. The number of aromatic amines is 1. The number of imidazole rings is 1. The Morgan fingerprint density at radius 2 is 2.15 bits per heavy atom. The molecule has 1 heterocycles. The fourth-order valence-corrected chi connectivity index (χ4v) is 1.67. The molecule has 0 radical (unpaired) electrons. The van der Waals surface area contributed by atoms with Crippen molar-refractivity contribution in [1.82, 2.24) is 15.0 Å². The maximum Gasteiger partial charge on any atom is 0.333 e. The van der Waals surface area contributed by atoms with Crippen molar-refractivity contribution in [2.24, 2.45) is 0 Å². The van der Waals surface area contributed by atoms with Gasteiger partial charge in [0.2, 0.25) is 5.88 Å². The Balaban J connectivity index is 2.16. The van der Waals surface area contributed by atoms with Gasteiger partial charge >= 0.3 is 5.69 Å². The van der Waals surface area contributed by atoms with Crippen LogP contribution in [0.15, 0.2) is 54.5 Å². The highest BCUT2D eigenvalue weighted by molar-refractivity contribution is 5.62. The summed E-state index contributed by atoms with van der Waals surface area (Å²) in [6.45, 7) is 7.73. The first-order valence-corrected chi connectivity index (χ1v) is 5.91. The smallest absolute Gasteiger partial charge is 0.333 e. The third kappa shape index (κ3) is 2.81. The molecule has 0 unspecified atom stereocenters. The van der Waals surface area contributed by atoms with Gasteiger partial charge in [0.25, 0.3) is 0 Å². The van der Waals surface area contributed by atoms with E-state index < -0.39 is 5.69 Å². The highest BCUT2D eigenvalue weighted by atomic mass is 16.6. The molecule has 0 spiro atoms. The molecule has 1 aromatic carbocycles. The molecule has 0 saturated heterocycles. The van der Waals surface area contributed by atoms with Crippen LogP contribution >= 0.6 is 0 Å². The Morgan fingerprint density at radius 1 is 1.45 bits per heavy atom. The summed E-state index contributed by atoms with van der Waals surface area (Å²) in [7, 11) is 0. The second-order valence-electron chi connectivity index (χ2n) is 4.01. The van der Waals surface area contributed by atoms with Crippen molar-refractivity contribution in [2.75, 3.05) is 6.61 Å². The van der Waals surface area contributed by atoms with Gasteiger partial charge in [-0.2, -0.15) is 0 Å². The van der Waals surface area contributed by atoms with Gasteiger partial charge in [0, 0.05) is 0 Å². The van der Waals surface area contributed by atoms with E-state index in [1.165, 1.54) is 6.20 Å². The number of hydroxylamine groups is 1. The monoisotopic (exact) mass is 273 g/mol. The zero-order valence-corrected chi connectivity index (χ0v) is 10.8. The minimum atomic E-state index is -0.401. The number of hydrogen-bond donors (Lipinski definition) is 3. The number of hydrogen-bond acceptors (Lipinski definition) is 4. The number of aromatic nitrogens is 2. The van der Waals surface area contributed by atoms with E-state index in [2.05, 4.69) is 23.6 Å². The Labute approximate surface area is 115 Å². The lowest BCUT2D eigenvalue weighted by Crippen LogP contribution is -2.15. The molecule has 0 amide bonds. The first-order chi connectivity index (χ1) is 9.63. The zero-order chi connectivity index (χ0) is 14.5. The number of nitrogens with one attached hydrogen (secondary N) is 2. The van der Waals surface area contributed by atoms with Crippen molar-refractivity contribution < 1.29 is 9.94 Å². The third-order valence-corrected chi connectivity index (χ3v) is 2.63. The topological polar surface area (TPSA) is 79.3 Å². The molecule has 20 heavy (non-hydrogen) atoms. The highest BCUT2D eigenvalue weighted by Gasteiger charge is 2.07. The summed E-state index contributed by atoms with van der Waals surface area (Å²) in [5.41, 5.74) is 4.23. The summed E-state index contributed by atoms with van der Waals surface area (Å²) in [4.78, 5) is 19.0. The molecule has 2 aromatic rings. The largest absolute Gasteiger partial charge is 0.493 e. The van der Waals surface area contributed by atoms with Crippen LogP contribution in [0.2, 0.25) is 0 Å². The molecule has 0 saturated carbocycles. The van der Waals surface area contributed by atoms with Crippen LogP contribution in [0.3, 0.4) is 0 Å². The number of nitrogens with zero attached hydrogens (tertiary/aromatic N) is 1. The van der Waals surface area contributed by atoms with Crippen molar-refractivity contribution in [2.45, 2.75) is 0 Å². The van der Waals surface area contributed by atoms with Gasteiger partial charge in [-0.15, -0.1) is 6.58 Å². The second-order valence-corrected chi connectivity index (χ2v) is 4.01.